The summed E-state index contributed by atoms with van der Waals surface area (Å²) in [5.74, 6) is -0.932. The van der Waals surface area contributed by atoms with Crippen molar-refractivity contribution in [3.63, 3.8) is 0 Å². The Kier molecular flexibility index (Phi) is 2.89. The van der Waals surface area contributed by atoms with Gasteiger partial charge in [0.05, 0.1) is 13.2 Å². The van der Waals surface area contributed by atoms with Crippen molar-refractivity contribution in [2.75, 3.05) is 13.9 Å². The van der Waals surface area contributed by atoms with Crippen molar-refractivity contribution in [3.8, 4) is 17.2 Å². The van der Waals surface area contributed by atoms with Crippen LogP contribution in [0.25, 0.3) is 0 Å². The highest BCUT2D eigenvalue weighted by atomic mass is 19.1. The van der Waals surface area contributed by atoms with Crippen LogP contribution in [0.3, 0.4) is 0 Å². The summed E-state index contributed by atoms with van der Waals surface area (Å²) in [4.78, 5) is 11.9. The lowest BCUT2D eigenvalue weighted by Crippen LogP contribution is -2.27. The van der Waals surface area contributed by atoms with Crippen molar-refractivity contribution in [2.45, 2.75) is 13.0 Å². The van der Waals surface area contributed by atoms with Gasteiger partial charge >= 0.3 is 0 Å². The minimum absolute atomic E-state index is 0.00463. The summed E-state index contributed by atoms with van der Waals surface area (Å²) in [5.41, 5.74) is 5.51. The van der Waals surface area contributed by atoms with Gasteiger partial charge in [-0.05, 0) is 6.92 Å². The van der Waals surface area contributed by atoms with Crippen LogP contribution in [0.2, 0.25) is 0 Å². The van der Waals surface area contributed by atoms with Crippen LogP contribution >= 0.6 is 0 Å². The third-order valence-corrected chi connectivity index (χ3v) is 2.43. The largest absolute Gasteiger partial charge is 0.493 e. The zero-order valence-corrected chi connectivity index (χ0v) is 9.45. The minimum atomic E-state index is -0.779. The van der Waals surface area contributed by atoms with Gasteiger partial charge in [0.1, 0.15) is 5.56 Å². The summed E-state index contributed by atoms with van der Waals surface area (Å²) in [6.07, 6.45) is 0. The highest BCUT2D eigenvalue weighted by molar-refractivity contribution is 6.05. The Morgan fingerprint density at radius 3 is 2.88 bits per heavy atom. The molecule has 0 saturated carbocycles. The number of halogens is 1. The molecule has 0 spiro atoms. The Bertz CT molecular complexity index is 469. The predicted molar refractivity (Wildman–Crippen MR) is 57.1 cm³/mol. The zero-order chi connectivity index (χ0) is 12.6. The van der Waals surface area contributed by atoms with Gasteiger partial charge in [0.15, 0.2) is 28.8 Å². The number of carbonyl (C=O) groups is 1. The normalized spacial score (nSPS) is 14.6. The fraction of sp³-hybridized carbons (Fsp3) is 0.364. The molecule has 0 aliphatic carbocycles. The van der Waals surface area contributed by atoms with Gasteiger partial charge < -0.3 is 19.9 Å². The Balaban J connectivity index is 2.65. The number of hydrogen-bond acceptors (Lipinski definition) is 5. The Morgan fingerprint density at radius 1 is 1.59 bits per heavy atom. The molecule has 0 bridgehead atoms. The standard InChI is InChI=1S/C11H12FNO4/c1-5(13)9(14)8-10(15-2)6(12)3-7-11(8)17-4-16-7/h3,5H,4,13H2,1-2H3. The maximum absolute atomic E-state index is 13.7. The van der Waals surface area contributed by atoms with E-state index in [4.69, 9.17) is 19.9 Å². The summed E-state index contributed by atoms with van der Waals surface area (Å²) in [5, 5.41) is 0. The Labute approximate surface area is 97.3 Å². The molecule has 1 aliphatic rings. The molecule has 1 unspecified atom stereocenters. The third-order valence-electron chi connectivity index (χ3n) is 2.43. The van der Waals surface area contributed by atoms with Gasteiger partial charge in [-0.2, -0.15) is 0 Å². The van der Waals surface area contributed by atoms with Crippen LogP contribution in [0.4, 0.5) is 4.39 Å². The Morgan fingerprint density at radius 2 is 2.29 bits per heavy atom. The van der Waals surface area contributed by atoms with E-state index in [-0.39, 0.29) is 29.6 Å². The minimum Gasteiger partial charge on any atom is -0.493 e. The number of Topliss-reactive ketones (excluding diaryl/α,β-unsaturated/α-hetero) is 1. The molecule has 1 atom stereocenters. The molecule has 1 heterocycles. The van der Waals surface area contributed by atoms with E-state index in [1.807, 2.05) is 0 Å². The third kappa shape index (κ3) is 1.80. The monoisotopic (exact) mass is 241 g/mol. The second kappa shape index (κ2) is 4.21. The molecular formula is C11H12FNO4. The highest BCUT2D eigenvalue weighted by Gasteiger charge is 2.30. The van der Waals surface area contributed by atoms with Crippen LogP contribution in [-0.2, 0) is 0 Å². The van der Waals surface area contributed by atoms with Crippen LogP contribution in [-0.4, -0.2) is 25.7 Å². The number of carbonyl (C=O) groups excluding carboxylic acids is 1. The number of hydrogen-bond donors (Lipinski definition) is 1. The number of fused-ring (bicyclic) bond motifs is 1. The van der Waals surface area contributed by atoms with Gasteiger partial charge in [-0.3, -0.25) is 4.79 Å². The average molecular weight is 241 g/mol. The second-order valence-corrected chi connectivity index (χ2v) is 3.65. The number of nitrogens with two attached hydrogens (primary N) is 1. The van der Waals surface area contributed by atoms with Gasteiger partial charge in [-0.1, -0.05) is 0 Å². The van der Waals surface area contributed by atoms with E-state index in [9.17, 15) is 9.18 Å². The van der Waals surface area contributed by atoms with Gasteiger partial charge in [0.2, 0.25) is 6.79 Å². The molecule has 92 valence electrons. The quantitative estimate of drug-likeness (QED) is 0.802. The van der Waals surface area contributed by atoms with Crippen LogP contribution < -0.4 is 19.9 Å². The molecule has 2 rings (SSSR count). The van der Waals surface area contributed by atoms with Crippen LogP contribution in [0.1, 0.15) is 17.3 Å². The molecule has 1 aromatic rings. The topological polar surface area (TPSA) is 70.8 Å². The number of benzene rings is 1. The number of methoxy groups -OCH3 is 1. The van der Waals surface area contributed by atoms with E-state index in [1.165, 1.54) is 14.0 Å². The maximum atomic E-state index is 13.7. The molecule has 0 fully saturated rings. The molecule has 0 radical (unpaired) electrons. The van der Waals surface area contributed by atoms with E-state index < -0.39 is 17.6 Å². The molecule has 2 N–H and O–H groups in total. The highest BCUT2D eigenvalue weighted by Crippen LogP contribution is 2.42. The first kappa shape index (κ1) is 11.7. The molecule has 1 aliphatic heterocycles. The van der Waals surface area contributed by atoms with Crippen LogP contribution in [0.15, 0.2) is 6.07 Å². The van der Waals surface area contributed by atoms with Crippen molar-refractivity contribution in [3.05, 3.63) is 17.4 Å². The maximum Gasteiger partial charge on any atom is 0.231 e. The SMILES string of the molecule is COc1c(F)cc2c(c1C(=O)C(C)N)OCO2. The van der Waals surface area contributed by atoms with Gasteiger partial charge in [0.25, 0.3) is 0 Å². The molecular weight excluding hydrogens is 229 g/mol. The van der Waals surface area contributed by atoms with Crippen LogP contribution in [0, 0.1) is 5.82 Å². The predicted octanol–water partition coefficient (Wildman–Crippen LogP) is 1.09. The summed E-state index contributed by atoms with van der Waals surface area (Å²) in [6.45, 7) is 1.45. The molecule has 5 nitrogen and oxygen atoms in total. The van der Waals surface area contributed by atoms with E-state index in [1.54, 1.807) is 0 Å². The average Bonchev–Trinajstić information content (AvgIpc) is 2.73. The zero-order valence-electron chi connectivity index (χ0n) is 9.45. The van der Waals surface area contributed by atoms with Crippen molar-refractivity contribution in [1.82, 2.24) is 0 Å². The van der Waals surface area contributed by atoms with Crippen molar-refractivity contribution in [2.24, 2.45) is 5.73 Å². The molecule has 17 heavy (non-hydrogen) atoms. The van der Waals surface area contributed by atoms with Gasteiger partial charge in [0, 0.05) is 6.07 Å². The van der Waals surface area contributed by atoms with Gasteiger partial charge in [-0.15, -0.1) is 0 Å². The first-order valence-corrected chi connectivity index (χ1v) is 5.02. The lowest BCUT2D eigenvalue weighted by molar-refractivity contribution is 0.0959. The van der Waals surface area contributed by atoms with E-state index in [0.29, 0.717) is 0 Å². The van der Waals surface area contributed by atoms with E-state index in [2.05, 4.69) is 0 Å². The summed E-state index contributed by atoms with van der Waals surface area (Å²) < 4.78 is 28.8. The molecule has 1 aromatic carbocycles. The fourth-order valence-electron chi connectivity index (χ4n) is 1.65. The van der Waals surface area contributed by atoms with Crippen molar-refractivity contribution >= 4 is 5.78 Å². The number of ketones is 1. The first-order valence-electron chi connectivity index (χ1n) is 5.02. The summed E-state index contributed by atoms with van der Waals surface area (Å²) in [7, 11) is 1.28. The number of rotatable bonds is 3. The fourth-order valence-corrected chi connectivity index (χ4v) is 1.65. The lowest BCUT2D eigenvalue weighted by Gasteiger charge is -2.13. The smallest absolute Gasteiger partial charge is 0.231 e. The van der Waals surface area contributed by atoms with Gasteiger partial charge in [-0.25, -0.2) is 4.39 Å². The number of ether oxygens (including phenoxy) is 3. The lowest BCUT2D eigenvalue weighted by atomic mass is 10.0. The first-order chi connectivity index (χ1) is 8.06. The van der Waals surface area contributed by atoms with E-state index in [0.717, 1.165) is 6.07 Å². The molecule has 0 amide bonds. The van der Waals surface area contributed by atoms with E-state index >= 15 is 0 Å². The molecule has 0 saturated heterocycles. The second-order valence-electron chi connectivity index (χ2n) is 3.65. The molecule has 6 heteroatoms. The Hall–Kier alpha value is -1.82. The van der Waals surface area contributed by atoms with Crippen LogP contribution in [0.5, 0.6) is 17.2 Å². The van der Waals surface area contributed by atoms with Crippen molar-refractivity contribution in [1.29, 1.82) is 0 Å². The van der Waals surface area contributed by atoms with Crippen molar-refractivity contribution < 1.29 is 23.4 Å². The summed E-state index contributed by atoms with van der Waals surface area (Å²) >= 11 is 0. The summed E-state index contributed by atoms with van der Waals surface area (Å²) in [6, 6.07) is 0.345. The molecule has 0 aromatic heterocycles.